The third kappa shape index (κ3) is 64.9. The van der Waals surface area contributed by atoms with Crippen LogP contribution in [0.25, 0.3) is 0 Å². The second-order valence-electron chi connectivity index (χ2n) is 21.7. The first-order valence-corrected chi connectivity index (χ1v) is 31.5. The predicted molar refractivity (Wildman–Crippen MR) is 310 cm³/mol. The van der Waals surface area contributed by atoms with Gasteiger partial charge in [-0.2, -0.15) is 0 Å². The van der Waals surface area contributed by atoms with Gasteiger partial charge in [-0.25, -0.2) is 0 Å². The molecule has 0 aliphatic carbocycles. The fourth-order valence-electron chi connectivity index (χ4n) is 9.68. The molecule has 1 aliphatic heterocycles. The Hall–Kier alpha value is -1.30. The van der Waals surface area contributed by atoms with Gasteiger partial charge >= 0.3 is 11.9 Å². The molecule has 10 heteroatoms. The van der Waals surface area contributed by atoms with Gasteiger partial charge in [0.15, 0.2) is 0 Å². The van der Waals surface area contributed by atoms with E-state index in [0.717, 1.165) is 109 Å². The highest BCUT2D eigenvalue weighted by molar-refractivity contribution is 5.66. The lowest BCUT2D eigenvalue weighted by atomic mass is 9.99. The zero-order chi connectivity index (χ0) is 53.1. The quantitative estimate of drug-likeness (QED) is 0.0254. The molecule has 0 saturated carbocycles. The Kier molecular flexibility index (Phi) is 67.6. The summed E-state index contributed by atoms with van der Waals surface area (Å²) in [6.45, 7) is 6.24. The Morgan fingerprint density at radius 1 is 0.384 bits per heavy atom. The molecule has 440 valence electrons. The summed E-state index contributed by atoms with van der Waals surface area (Å²) in [6, 6.07) is 0. The number of aliphatic carboxylic acids is 2. The number of epoxide rings is 1. The average molecular weight is 1050 g/mol. The lowest BCUT2D eigenvalue weighted by Crippen LogP contribution is -2.29. The molecule has 0 aromatic carbocycles. The average Bonchev–Trinajstić information content (AvgIpc) is 4.13. The minimum atomic E-state index is -0.744. The van der Waals surface area contributed by atoms with Crippen LogP contribution in [0.1, 0.15) is 342 Å². The summed E-state index contributed by atoms with van der Waals surface area (Å²) in [5.41, 5.74) is 0. The molecule has 0 aromatic heterocycles. The summed E-state index contributed by atoms with van der Waals surface area (Å²) in [4.78, 5) is 21.0. The molecule has 1 aliphatic rings. The maximum Gasteiger partial charge on any atom is 0.303 e. The molecule has 4 atom stereocenters. The van der Waals surface area contributed by atoms with Crippen molar-refractivity contribution in [1.82, 2.24) is 0 Å². The highest BCUT2D eigenvalue weighted by Gasteiger charge is 2.36. The standard InChI is InChI=1S/C31H62O5.C16H34O.C15H28O4.CH4/c1-2-3-4-5-6-7-8-9-10-11-12-13-17-23-28-36-30(25-20-15-14-16-22-27-32)29(33)24-19-18-21-26-31(34)35;1-2-3-4-5-6-7-8-9-10-11-12-13-14-15-16-17;16-12-8-3-1-2-5-9-13-14(19-13)10-6-4-7-11-15(17)18;/h29-30,32-33H,2-28H2,1H3,(H,34,35);17H,2-16H2,1H3;13-14,16H,1-12H2,(H,17,18);1H4/t;;13?,14-;/m..1./s1. The van der Waals surface area contributed by atoms with Crippen molar-refractivity contribution in [2.45, 2.75) is 367 Å². The summed E-state index contributed by atoms with van der Waals surface area (Å²) in [5, 5.41) is 54.2. The molecule has 6 N–H and O–H groups in total. The largest absolute Gasteiger partial charge is 0.481 e. The topological polar surface area (TPSA) is 177 Å². The molecule has 1 saturated heterocycles. The van der Waals surface area contributed by atoms with Crippen molar-refractivity contribution >= 4 is 11.9 Å². The first-order chi connectivity index (χ1) is 35.3. The number of ether oxygens (including phenoxy) is 2. The van der Waals surface area contributed by atoms with Gasteiger partial charge < -0.3 is 40.1 Å². The molecular formula is C63H128O10. The van der Waals surface area contributed by atoms with E-state index in [1.165, 1.54) is 193 Å². The Morgan fingerprint density at radius 3 is 1.00 bits per heavy atom. The predicted octanol–water partition coefficient (Wildman–Crippen LogP) is 17.8. The Bertz CT molecular complexity index is 1030. The molecule has 0 spiro atoms. The minimum absolute atomic E-state index is 0. The highest BCUT2D eigenvalue weighted by atomic mass is 16.6. The van der Waals surface area contributed by atoms with Crippen molar-refractivity contribution < 1.29 is 49.7 Å². The van der Waals surface area contributed by atoms with E-state index in [-0.39, 0.29) is 26.6 Å². The Labute approximate surface area is 453 Å². The Balaban J connectivity index is -0.00000111. The van der Waals surface area contributed by atoms with Gasteiger partial charge in [0.1, 0.15) is 0 Å². The molecule has 3 unspecified atom stereocenters. The fourth-order valence-corrected chi connectivity index (χ4v) is 9.68. The molecule has 1 rings (SSSR count). The molecule has 0 bridgehead atoms. The van der Waals surface area contributed by atoms with Crippen LogP contribution in [-0.4, -0.2) is 93.4 Å². The van der Waals surface area contributed by atoms with E-state index >= 15 is 0 Å². The van der Waals surface area contributed by atoms with E-state index in [9.17, 15) is 14.7 Å². The van der Waals surface area contributed by atoms with Crippen LogP contribution in [0.3, 0.4) is 0 Å². The van der Waals surface area contributed by atoms with Gasteiger partial charge in [-0.3, -0.25) is 9.59 Å². The van der Waals surface area contributed by atoms with Crippen LogP contribution in [0.4, 0.5) is 0 Å². The number of aliphatic hydroxyl groups is 4. The smallest absolute Gasteiger partial charge is 0.303 e. The van der Waals surface area contributed by atoms with Crippen LogP contribution in [0.5, 0.6) is 0 Å². The molecular weight excluding hydrogens is 917 g/mol. The molecule has 1 fully saturated rings. The summed E-state index contributed by atoms with van der Waals surface area (Å²) in [5.74, 6) is -1.44. The molecule has 1 heterocycles. The molecule has 10 nitrogen and oxygen atoms in total. The third-order valence-electron chi connectivity index (χ3n) is 14.5. The number of aliphatic hydroxyl groups excluding tert-OH is 4. The van der Waals surface area contributed by atoms with Crippen LogP contribution in [-0.2, 0) is 19.1 Å². The first-order valence-electron chi connectivity index (χ1n) is 31.5. The highest BCUT2D eigenvalue weighted by Crippen LogP contribution is 2.32. The molecule has 0 aromatic rings. The maximum absolute atomic E-state index is 10.7. The number of unbranched alkanes of at least 4 members (excludes halogenated alkanes) is 38. The van der Waals surface area contributed by atoms with Crippen molar-refractivity contribution in [2.24, 2.45) is 0 Å². The zero-order valence-electron chi connectivity index (χ0n) is 47.8. The van der Waals surface area contributed by atoms with Crippen LogP contribution in [0, 0.1) is 0 Å². The number of carboxylic acids is 2. The van der Waals surface area contributed by atoms with Gasteiger partial charge in [-0.15, -0.1) is 0 Å². The van der Waals surface area contributed by atoms with E-state index < -0.39 is 18.0 Å². The van der Waals surface area contributed by atoms with E-state index in [1.54, 1.807) is 0 Å². The van der Waals surface area contributed by atoms with Gasteiger partial charge in [0.25, 0.3) is 0 Å². The molecule has 0 amide bonds. The summed E-state index contributed by atoms with van der Waals surface area (Å²) >= 11 is 0. The van der Waals surface area contributed by atoms with Gasteiger partial charge in [0, 0.05) is 39.3 Å². The molecule has 0 radical (unpaired) electrons. The number of carboxylic acid groups (broad SMARTS) is 2. The number of hydrogen-bond acceptors (Lipinski definition) is 8. The van der Waals surface area contributed by atoms with Gasteiger partial charge in [0.05, 0.1) is 24.4 Å². The van der Waals surface area contributed by atoms with Crippen LogP contribution in [0.2, 0.25) is 0 Å². The SMILES string of the molecule is C.CCCCCCCCCCCCCCCCO.CCCCCCCCCCCCCCCCOC(CCCCCCCO)C(O)CCCCCC(=O)O.O=C(O)CCCCC[C@H]1OC1CCCCCCCO. The van der Waals surface area contributed by atoms with Gasteiger partial charge in [0.2, 0.25) is 0 Å². The van der Waals surface area contributed by atoms with Gasteiger partial charge in [-0.1, -0.05) is 265 Å². The maximum atomic E-state index is 10.7. The number of rotatable bonds is 57. The second kappa shape index (κ2) is 65.0. The zero-order valence-corrected chi connectivity index (χ0v) is 47.8. The summed E-state index contributed by atoms with van der Waals surface area (Å²) in [6.07, 6.45) is 58.9. The van der Waals surface area contributed by atoms with Crippen LogP contribution < -0.4 is 0 Å². The van der Waals surface area contributed by atoms with Crippen molar-refractivity contribution in [3.8, 4) is 0 Å². The van der Waals surface area contributed by atoms with Crippen molar-refractivity contribution in [1.29, 1.82) is 0 Å². The number of carbonyl (C=O) groups is 2. The van der Waals surface area contributed by atoms with E-state index in [1.807, 2.05) is 0 Å². The van der Waals surface area contributed by atoms with Crippen LogP contribution in [0.15, 0.2) is 0 Å². The van der Waals surface area contributed by atoms with Crippen molar-refractivity contribution in [2.75, 3.05) is 26.4 Å². The summed E-state index contributed by atoms with van der Waals surface area (Å²) in [7, 11) is 0. The van der Waals surface area contributed by atoms with Crippen LogP contribution >= 0.6 is 0 Å². The number of hydrogen-bond donors (Lipinski definition) is 6. The lowest BCUT2D eigenvalue weighted by Gasteiger charge is -2.24. The van der Waals surface area contributed by atoms with Gasteiger partial charge in [-0.05, 0) is 64.2 Å². The monoisotopic (exact) mass is 1040 g/mol. The second-order valence-corrected chi connectivity index (χ2v) is 21.7. The van der Waals surface area contributed by atoms with Crippen molar-refractivity contribution in [3.63, 3.8) is 0 Å². The molecule has 73 heavy (non-hydrogen) atoms. The van der Waals surface area contributed by atoms with E-state index in [2.05, 4.69) is 13.8 Å². The first kappa shape index (κ1) is 75.9. The van der Waals surface area contributed by atoms with E-state index in [4.69, 9.17) is 35.0 Å². The Morgan fingerprint density at radius 2 is 0.658 bits per heavy atom. The fraction of sp³-hybridized carbons (Fsp3) is 0.968. The lowest BCUT2D eigenvalue weighted by molar-refractivity contribution is -0.138. The van der Waals surface area contributed by atoms with E-state index in [0.29, 0.717) is 44.7 Å². The summed E-state index contributed by atoms with van der Waals surface area (Å²) < 4.78 is 11.8. The third-order valence-corrected chi connectivity index (χ3v) is 14.5. The van der Waals surface area contributed by atoms with Crippen molar-refractivity contribution in [3.05, 3.63) is 0 Å². The minimum Gasteiger partial charge on any atom is -0.481 e. The normalized spacial score (nSPS) is 14.7.